The number of benzene rings is 1. The van der Waals surface area contributed by atoms with Crippen molar-refractivity contribution in [3.05, 3.63) is 29.6 Å². The fraction of sp³-hybridized carbons (Fsp3) is 0.625. The van der Waals surface area contributed by atoms with Crippen LogP contribution in [0.2, 0.25) is 0 Å². The molecule has 1 aromatic carbocycles. The lowest BCUT2D eigenvalue weighted by Crippen LogP contribution is -2.46. The highest BCUT2D eigenvalue weighted by atomic mass is 19.1. The number of likely N-dealkylation sites (N-methyl/N-ethyl adjacent to an activating group) is 1. The van der Waals surface area contributed by atoms with Gasteiger partial charge in [0.25, 0.3) is 0 Å². The Balaban J connectivity index is 2.03. The maximum atomic E-state index is 14.1. The van der Waals surface area contributed by atoms with Crippen molar-refractivity contribution in [2.24, 2.45) is 0 Å². The van der Waals surface area contributed by atoms with Gasteiger partial charge in [-0.1, -0.05) is 13.0 Å². The van der Waals surface area contributed by atoms with E-state index < -0.39 is 0 Å². The van der Waals surface area contributed by atoms with Gasteiger partial charge in [-0.2, -0.15) is 0 Å². The summed E-state index contributed by atoms with van der Waals surface area (Å²) >= 11 is 0. The van der Waals surface area contributed by atoms with Crippen molar-refractivity contribution >= 4 is 5.69 Å². The Morgan fingerprint density at radius 1 is 1.24 bits per heavy atom. The van der Waals surface area contributed by atoms with Crippen LogP contribution in [0, 0.1) is 5.82 Å². The molecule has 4 nitrogen and oxygen atoms in total. The lowest BCUT2D eigenvalue weighted by molar-refractivity contribution is 0.199. The highest BCUT2D eigenvalue weighted by Crippen LogP contribution is 2.24. The first-order valence-electron chi connectivity index (χ1n) is 7.70. The minimum absolute atomic E-state index is 0.129. The van der Waals surface area contributed by atoms with Crippen LogP contribution in [-0.2, 0) is 11.3 Å². The minimum atomic E-state index is -0.129. The van der Waals surface area contributed by atoms with Gasteiger partial charge >= 0.3 is 0 Å². The average Bonchev–Trinajstić information content (AvgIpc) is 2.53. The maximum absolute atomic E-state index is 14.1. The van der Waals surface area contributed by atoms with Gasteiger partial charge in [0, 0.05) is 57.6 Å². The zero-order valence-electron chi connectivity index (χ0n) is 13.1. The topological polar surface area (TPSA) is 27.7 Å². The number of nitrogens with zero attached hydrogens (tertiary/aromatic N) is 2. The van der Waals surface area contributed by atoms with Crippen molar-refractivity contribution in [3.8, 4) is 0 Å². The molecule has 1 aliphatic heterocycles. The molecule has 0 aliphatic carbocycles. The van der Waals surface area contributed by atoms with Gasteiger partial charge in [-0.15, -0.1) is 0 Å². The molecule has 0 atom stereocenters. The molecule has 1 fully saturated rings. The molecule has 1 heterocycles. The van der Waals surface area contributed by atoms with Gasteiger partial charge in [-0.05, 0) is 18.7 Å². The van der Waals surface area contributed by atoms with Crippen molar-refractivity contribution in [2.45, 2.75) is 13.5 Å². The van der Waals surface area contributed by atoms with E-state index in [1.807, 2.05) is 6.07 Å². The van der Waals surface area contributed by atoms with Crippen molar-refractivity contribution < 1.29 is 9.13 Å². The van der Waals surface area contributed by atoms with Crippen LogP contribution in [0.3, 0.4) is 0 Å². The average molecular weight is 295 g/mol. The third kappa shape index (κ3) is 4.40. The van der Waals surface area contributed by atoms with Crippen LogP contribution in [0.25, 0.3) is 0 Å². The number of halogens is 1. The number of hydrogen-bond donors (Lipinski definition) is 1. The first kappa shape index (κ1) is 16.2. The quantitative estimate of drug-likeness (QED) is 0.775. The van der Waals surface area contributed by atoms with Gasteiger partial charge in [-0.3, -0.25) is 0 Å². The van der Waals surface area contributed by atoms with Gasteiger partial charge in [0.2, 0.25) is 0 Å². The van der Waals surface area contributed by atoms with E-state index in [0.717, 1.165) is 50.5 Å². The third-order valence-corrected chi connectivity index (χ3v) is 4.04. The monoisotopic (exact) mass is 295 g/mol. The summed E-state index contributed by atoms with van der Waals surface area (Å²) in [6.45, 7) is 9.19. The smallest absolute Gasteiger partial charge is 0.129 e. The summed E-state index contributed by atoms with van der Waals surface area (Å²) in [5.74, 6) is -0.129. The predicted molar refractivity (Wildman–Crippen MR) is 84.3 cm³/mol. The molecule has 21 heavy (non-hydrogen) atoms. The number of nitrogens with one attached hydrogen (secondary N) is 1. The predicted octanol–water partition coefficient (Wildman–Crippen LogP) is 1.70. The zero-order valence-corrected chi connectivity index (χ0v) is 13.1. The number of anilines is 1. The molecule has 0 aromatic heterocycles. The molecule has 118 valence electrons. The Morgan fingerprint density at radius 3 is 2.67 bits per heavy atom. The van der Waals surface area contributed by atoms with Gasteiger partial charge in [0.1, 0.15) is 5.82 Å². The number of hydrogen-bond acceptors (Lipinski definition) is 4. The van der Waals surface area contributed by atoms with E-state index in [2.05, 4.69) is 22.0 Å². The largest absolute Gasteiger partial charge is 0.383 e. The van der Waals surface area contributed by atoms with Crippen LogP contribution in [0.4, 0.5) is 10.1 Å². The van der Waals surface area contributed by atoms with Crippen molar-refractivity contribution in [2.75, 3.05) is 57.9 Å². The second-order valence-electron chi connectivity index (χ2n) is 5.33. The molecule has 1 N–H and O–H groups in total. The molecular weight excluding hydrogens is 269 g/mol. The van der Waals surface area contributed by atoms with Crippen molar-refractivity contribution in [3.63, 3.8) is 0 Å². The Kier molecular flexibility index (Phi) is 6.42. The first-order valence-corrected chi connectivity index (χ1v) is 7.70. The normalized spacial score (nSPS) is 16.4. The van der Waals surface area contributed by atoms with Crippen LogP contribution in [0.5, 0.6) is 0 Å². The lowest BCUT2D eigenvalue weighted by Gasteiger charge is -2.36. The highest BCUT2D eigenvalue weighted by molar-refractivity contribution is 5.54. The van der Waals surface area contributed by atoms with Crippen LogP contribution in [0.15, 0.2) is 18.2 Å². The summed E-state index contributed by atoms with van der Waals surface area (Å²) in [6.07, 6.45) is 0. The SMILES string of the molecule is CCN1CCN(c2cccc(F)c2CNCCOC)CC1. The van der Waals surface area contributed by atoms with Crippen LogP contribution in [0.1, 0.15) is 12.5 Å². The van der Waals surface area contributed by atoms with Crippen LogP contribution >= 0.6 is 0 Å². The zero-order chi connectivity index (χ0) is 15.1. The van der Waals surface area contributed by atoms with E-state index in [-0.39, 0.29) is 5.82 Å². The van der Waals surface area contributed by atoms with E-state index in [9.17, 15) is 4.39 Å². The van der Waals surface area contributed by atoms with E-state index in [1.165, 1.54) is 0 Å². The Morgan fingerprint density at radius 2 is 2.00 bits per heavy atom. The molecule has 5 heteroatoms. The van der Waals surface area contributed by atoms with Gasteiger partial charge in [0.05, 0.1) is 6.61 Å². The lowest BCUT2D eigenvalue weighted by atomic mass is 10.1. The van der Waals surface area contributed by atoms with Gasteiger partial charge < -0.3 is 19.9 Å². The Bertz CT molecular complexity index is 434. The standard InChI is InChI=1S/C16H26FN3O/c1-3-19-8-10-20(11-9-19)16-6-4-5-15(17)14(16)13-18-7-12-21-2/h4-6,18H,3,7-13H2,1-2H3. The second kappa shape index (κ2) is 8.32. The molecular formula is C16H26FN3O. The maximum Gasteiger partial charge on any atom is 0.129 e. The van der Waals surface area contributed by atoms with E-state index in [1.54, 1.807) is 19.2 Å². The molecule has 0 amide bonds. The van der Waals surface area contributed by atoms with Crippen molar-refractivity contribution in [1.82, 2.24) is 10.2 Å². The molecule has 1 saturated heterocycles. The summed E-state index contributed by atoms with van der Waals surface area (Å²) in [6, 6.07) is 5.37. The molecule has 0 saturated carbocycles. The molecule has 0 radical (unpaired) electrons. The fourth-order valence-corrected chi connectivity index (χ4v) is 2.71. The summed E-state index contributed by atoms with van der Waals surface area (Å²) in [5, 5.41) is 3.24. The van der Waals surface area contributed by atoms with Crippen molar-refractivity contribution in [1.29, 1.82) is 0 Å². The fourth-order valence-electron chi connectivity index (χ4n) is 2.71. The second-order valence-corrected chi connectivity index (χ2v) is 5.33. The summed E-state index contributed by atoms with van der Waals surface area (Å²) in [7, 11) is 1.67. The van der Waals surface area contributed by atoms with E-state index >= 15 is 0 Å². The van der Waals surface area contributed by atoms with E-state index in [4.69, 9.17) is 4.74 Å². The van der Waals surface area contributed by atoms with E-state index in [0.29, 0.717) is 13.2 Å². The number of piperazine rings is 1. The van der Waals surface area contributed by atoms with Gasteiger partial charge in [0.15, 0.2) is 0 Å². The molecule has 2 rings (SSSR count). The van der Waals surface area contributed by atoms with Crippen LogP contribution < -0.4 is 10.2 Å². The molecule has 1 aromatic rings. The minimum Gasteiger partial charge on any atom is -0.383 e. The number of methoxy groups -OCH3 is 1. The Labute approximate surface area is 126 Å². The third-order valence-electron chi connectivity index (χ3n) is 4.04. The summed E-state index contributed by atoms with van der Waals surface area (Å²) in [4.78, 5) is 4.72. The number of ether oxygens (including phenoxy) is 1. The highest BCUT2D eigenvalue weighted by Gasteiger charge is 2.19. The molecule has 0 bridgehead atoms. The van der Waals surface area contributed by atoms with Gasteiger partial charge in [-0.25, -0.2) is 4.39 Å². The Hall–Kier alpha value is -1.17. The summed E-state index contributed by atoms with van der Waals surface area (Å²) < 4.78 is 19.2. The molecule has 0 spiro atoms. The number of rotatable bonds is 7. The molecule has 1 aliphatic rings. The first-order chi connectivity index (χ1) is 10.3. The van der Waals surface area contributed by atoms with Crippen LogP contribution in [-0.4, -0.2) is 57.9 Å². The molecule has 0 unspecified atom stereocenters. The summed E-state index contributed by atoms with van der Waals surface area (Å²) in [5.41, 5.74) is 1.79.